The molecule has 10 heteroatoms. The number of hydrogen-bond acceptors (Lipinski definition) is 6. The van der Waals surface area contributed by atoms with Crippen LogP contribution in [0.25, 0.3) is 0 Å². The number of ether oxygens (including phenoxy) is 3. The molecular weight excluding hydrogens is 533 g/mol. The first kappa shape index (κ1) is 25.1. The number of aliphatic imine (C=N–C) groups is 1. The number of nitrogens with one attached hydrogen (secondary N) is 2. The average Bonchev–Trinajstić information content (AvgIpc) is 3.24. The summed E-state index contributed by atoms with van der Waals surface area (Å²) < 4.78 is 16.2. The first-order valence-electron chi connectivity index (χ1n) is 9.71. The van der Waals surface area contributed by atoms with Gasteiger partial charge in [-0.1, -0.05) is 11.6 Å². The molecule has 2 aromatic rings. The number of benzene rings is 1. The summed E-state index contributed by atoms with van der Waals surface area (Å²) in [5, 5.41) is 7.49. The van der Waals surface area contributed by atoms with Crippen LogP contribution in [0.1, 0.15) is 12.0 Å². The quantitative estimate of drug-likeness (QED) is 0.305. The Labute approximate surface area is 205 Å². The van der Waals surface area contributed by atoms with Crippen molar-refractivity contribution in [2.24, 2.45) is 4.99 Å². The van der Waals surface area contributed by atoms with E-state index in [1.54, 1.807) is 34.6 Å². The number of guanidine groups is 1. The van der Waals surface area contributed by atoms with E-state index in [4.69, 9.17) is 25.8 Å². The van der Waals surface area contributed by atoms with Crippen LogP contribution in [0.15, 0.2) is 35.5 Å². The summed E-state index contributed by atoms with van der Waals surface area (Å²) in [5.41, 5.74) is 0.936. The third-order valence-electron chi connectivity index (χ3n) is 5.02. The van der Waals surface area contributed by atoms with Crippen molar-refractivity contribution in [2.75, 3.05) is 46.4 Å². The van der Waals surface area contributed by atoms with E-state index in [-0.39, 0.29) is 30.0 Å². The first-order chi connectivity index (χ1) is 14.6. The van der Waals surface area contributed by atoms with Crippen molar-refractivity contribution < 1.29 is 14.2 Å². The van der Waals surface area contributed by atoms with Crippen LogP contribution >= 0.6 is 35.6 Å². The molecule has 1 aromatic carbocycles. The minimum absolute atomic E-state index is 0. The molecule has 1 aromatic heterocycles. The lowest BCUT2D eigenvalue weighted by Gasteiger charge is -2.21. The Morgan fingerprint density at radius 2 is 1.90 bits per heavy atom. The lowest BCUT2D eigenvalue weighted by atomic mass is 10.1. The number of nitrogens with zero attached hydrogens (tertiary/aromatic N) is 3. The van der Waals surface area contributed by atoms with Gasteiger partial charge < -0.3 is 29.7 Å². The van der Waals surface area contributed by atoms with Gasteiger partial charge in [0.2, 0.25) is 0 Å². The maximum Gasteiger partial charge on any atom is 0.191 e. The van der Waals surface area contributed by atoms with Crippen molar-refractivity contribution >= 4 is 47.4 Å². The summed E-state index contributed by atoms with van der Waals surface area (Å²) in [4.78, 5) is 10.9. The minimum atomic E-state index is 0. The summed E-state index contributed by atoms with van der Waals surface area (Å²) in [6.45, 7) is 2.21. The van der Waals surface area contributed by atoms with E-state index in [9.17, 15) is 0 Å². The molecule has 2 N–H and O–H groups in total. The number of aromatic nitrogens is 1. The van der Waals surface area contributed by atoms with E-state index in [1.165, 1.54) is 0 Å². The van der Waals surface area contributed by atoms with Crippen LogP contribution in [0.3, 0.4) is 0 Å². The fourth-order valence-corrected chi connectivity index (χ4v) is 3.72. The van der Waals surface area contributed by atoms with E-state index < -0.39 is 0 Å². The smallest absolute Gasteiger partial charge is 0.191 e. The summed E-state index contributed by atoms with van der Waals surface area (Å²) in [6.07, 6.45) is 2.73. The SMILES string of the molecule is CN=C(NCc1cc(OC)c(OC)cc1OC)NC1CCN(c2ncccc2Cl)C1.I. The average molecular weight is 562 g/mol. The lowest BCUT2D eigenvalue weighted by molar-refractivity contribution is 0.347. The molecule has 0 spiro atoms. The zero-order valence-corrected chi connectivity index (χ0v) is 21.2. The Morgan fingerprint density at radius 3 is 2.55 bits per heavy atom. The normalized spacial score (nSPS) is 15.8. The van der Waals surface area contributed by atoms with E-state index in [0.29, 0.717) is 34.8 Å². The summed E-state index contributed by atoms with van der Waals surface area (Å²) in [7, 11) is 6.60. The van der Waals surface area contributed by atoms with Gasteiger partial charge in [0, 0.05) is 50.6 Å². The van der Waals surface area contributed by atoms with Crippen LogP contribution in [-0.4, -0.2) is 58.5 Å². The van der Waals surface area contributed by atoms with Crippen molar-refractivity contribution in [3.63, 3.8) is 0 Å². The molecule has 0 saturated carbocycles. The van der Waals surface area contributed by atoms with Crippen molar-refractivity contribution in [3.8, 4) is 17.2 Å². The zero-order chi connectivity index (χ0) is 21.5. The summed E-state index contributed by atoms with van der Waals surface area (Å²) in [6, 6.07) is 7.66. The second kappa shape index (κ2) is 12.0. The Hall–Kier alpha value is -2.14. The molecule has 1 aliphatic heterocycles. The fourth-order valence-electron chi connectivity index (χ4n) is 3.48. The van der Waals surface area contributed by atoms with Gasteiger partial charge in [0.15, 0.2) is 17.5 Å². The second-order valence-electron chi connectivity index (χ2n) is 6.83. The van der Waals surface area contributed by atoms with Crippen molar-refractivity contribution in [1.82, 2.24) is 15.6 Å². The predicted molar refractivity (Wildman–Crippen MR) is 135 cm³/mol. The van der Waals surface area contributed by atoms with E-state index >= 15 is 0 Å². The first-order valence-corrected chi connectivity index (χ1v) is 10.1. The molecule has 1 fully saturated rings. The van der Waals surface area contributed by atoms with Crippen molar-refractivity contribution in [2.45, 2.75) is 19.0 Å². The van der Waals surface area contributed by atoms with Gasteiger partial charge in [-0.25, -0.2) is 4.98 Å². The summed E-state index contributed by atoms with van der Waals surface area (Å²) in [5.74, 6) is 3.52. The van der Waals surface area contributed by atoms with Gasteiger partial charge in [0.05, 0.1) is 26.4 Å². The summed E-state index contributed by atoms with van der Waals surface area (Å²) >= 11 is 6.29. The highest BCUT2D eigenvalue weighted by Gasteiger charge is 2.25. The standard InChI is InChI=1S/C21H28ClN5O3.HI/c1-23-21(25-12-14-10-18(29-3)19(30-4)11-17(14)28-2)26-15-7-9-27(13-15)20-16(22)6-5-8-24-20;/h5-6,8,10-11,15H,7,9,12-13H2,1-4H3,(H2,23,25,26);1H. The van der Waals surface area contributed by atoms with Crippen LogP contribution in [0.5, 0.6) is 17.2 Å². The van der Waals surface area contributed by atoms with Gasteiger partial charge in [0.1, 0.15) is 11.6 Å². The Balaban J connectivity index is 0.00000341. The maximum atomic E-state index is 6.29. The predicted octanol–water partition coefficient (Wildman–Crippen LogP) is 3.32. The molecule has 3 rings (SSSR count). The largest absolute Gasteiger partial charge is 0.496 e. The van der Waals surface area contributed by atoms with Crippen molar-refractivity contribution in [1.29, 1.82) is 0 Å². The Kier molecular flexibility index (Phi) is 9.76. The molecule has 0 radical (unpaired) electrons. The highest BCUT2D eigenvalue weighted by atomic mass is 127. The number of halogens is 2. The lowest BCUT2D eigenvalue weighted by Crippen LogP contribution is -2.44. The van der Waals surface area contributed by atoms with E-state index in [0.717, 1.165) is 30.9 Å². The molecule has 8 nitrogen and oxygen atoms in total. The van der Waals surface area contributed by atoms with Gasteiger partial charge in [0.25, 0.3) is 0 Å². The third-order valence-corrected chi connectivity index (χ3v) is 5.32. The number of hydrogen-bond donors (Lipinski definition) is 2. The molecule has 1 unspecified atom stereocenters. The van der Waals surface area contributed by atoms with Gasteiger partial charge in [-0.2, -0.15) is 0 Å². The molecular formula is C21H29ClIN5O3. The topological polar surface area (TPSA) is 80.2 Å². The van der Waals surface area contributed by atoms with E-state index in [2.05, 4.69) is 25.5 Å². The van der Waals surface area contributed by atoms with Gasteiger partial charge in [-0.3, -0.25) is 4.99 Å². The van der Waals surface area contributed by atoms with Crippen LogP contribution < -0.4 is 29.7 Å². The van der Waals surface area contributed by atoms with Crippen molar-refractivity contribution in [3.05, 3.63) is 41.0 Å². The Morgan fingerprint density at radius 1 is 1.19 bits per heavy atom. The van der Waals surface area contributed by atoms with Gasteiger partial charge in [-0.15, -0.1) is 24.0 Å². The molecule has 1 atom stereocenters. The second-order valence-corrected chi connectivity index (χ2v) is 7.24. The van der Waals surface area contributed by atoms with Gasteiger partial charge >= 0.3 is 0 Å². The van der Waals surface area contributed by atoms with Crippen LogP contribution in [0, 0.1) is 0 Å². The van der Waals surface area contributed by atoms with E-state index in [1.807, 2.05) is 24.3 Å². The number of pyridine rings is 1. The number of methoxy groups -OCH3 is 3. The monoisotopic (exact) mass is 561 g/mol. The Bertz CT molecular complexity index is 899. The molecule has 31 heavy (non-hydrogen) atoms. The molecule has 170 valence electrons. The fraction of sp³-hybridized carbons (Fsp3) is 0.429. The zero-order valence-electron chi connectivity index (χ0n) is 18.1. The van der Waals surface area contributed by atoms with Crippen LogP contribution in [0.4, 0.5) is 5.82 Å². The minimum Gasteiger partial charge on any atom is -0.496 e. The third kappa shape index (κ3) is 6.19. The maximum absolute atomic E-state index is 6.29. The molecule has 1 saturated heterocycles. The highest BCUT2D eigenvalue weighted by Crippen LogP contribution is 2.34. The van der Waals surface area contributed by atoms with Gasteiger partial charge in [-0.05, 0) is 24.6 Å². The molecule has 0 aliphatic carbocycles. The highest BCUT2D eigenvalue weighted by molar-refractivity contribution is 14.0. The van der Waals surface area contributed by atoms with Crippen LogP contribution in [-0.2, 0) is 6.54 Å². The molecule has 1 aliphatic rings. The number of rotatable bonds is 7. The molecule has 0 bridgehead atoms. The molecule has 0 amide bonds. The number of anilines is 1. The van der Waals surface area contributed by atoms with Crippen LogP contribution in [0.2, 0.25) is 5.02 Å². The molecule has 2 heterocycles.